The summed E-state index contributed by atoms with van der Waals surface area (Å²) in [6.07, 6.45) is -0.119. The summed E-state index contributed by atoms with van der Waals surface area (Å²) in [6, 6.07) is -0.998. The SMILES string of the molecule is CCCCCCCCCCCCC/C=C/[C@@H](O)[C@H](CO[C@@H]1OC(CO)[C@@H](O[C@@H]2OC(CO)[C@H](O)[C@H](O[C@H]3OC(CO)[C@H](O)[C@H](O)C3O[C@@H]3OC(C)CC(O)[C@@H]3O)C2O)[C@H](O)C1O)NC(=O)CCCCCCCCCCCCCCC. The lowest BCUT2D eigenvalue weighted by atomic mass is 9.95. The Hall–Kier alpha value is -1.59. The molecule has 22 nitrogen and oxygen atoms in total. The number of allylic oxidation sites excluding steroid dienone is 1. The molecule has 0 aromatic rings. The summed E-state index contributed by atoms with van der Waals surface area (Å²) >= 11 is 0. The third-order valence-electron chi connectivity index (χ3n) is 16.0. The van der Waals surface area contributed by atoms with Crippen molar-refractivity contribution in [3.05, 3.63) is 12.2 Å². The number of ether oxygens (including phenoxy) is 8. The van der Waals surface area contributed by atoms with Crippen molar-refractivity contribution in [1.29, 1.82) is 0 Å². The molecule has 4 saturated heterocycles. The van der Waals surface area contributed by atoms with Gasteiger partial charge in [-0.15, -0.1) is 0 Å². The highest BCUT2D eigenvalue weighted by Gasteiger charge is 2.55. The molecule has 80 heavy (non-hydrogen) atoms. The minimum Gasteiger partial charge on any atom is -0.394 e. The van der Waals surface area contributed by atoms with E-state index in [1.165, 1.54) is 109 Å². The molecular formula is C58H107NO21. The number of rotatable bonds is 41. The van der Waals surface area contributed by atoms with Crippen molar-refractivity contribution in [2.45, 2.75) is 323 Å². The topological polar surface area (TPSA) is 346 Å². The fraction of sp³-hybridized carbons (Fsp3) is 0.948. The van der Waals surface area contributed by atoms with E-state index < -0.39 is 149 Å². The summed E-state index contributed by atoms with van der Waals surface area (Å²) < 4.78 is 46.7. The molecule has 4 rings (SSSR count). The van der Waals surface area contributed by atoms with Crippen LogP contribution in [0.3, 0.4) is 0 Å². The molecule has 0 aliphatic carbocycles. The van der Waals surface area contributed by atoms with Gasteiger partial charge in [0.2, 0.25) is 5.91 Å². The van der Waals surface area contributed by atoms with Gasteiger partial charge in [-0.1, -0.05) is 167 Å². The van der Waals surface area contributed by atoms with Crippen LogP contribution in [0.5, 0.6) is 0 Å². The zero-order valence-corrected chi connectivity index (χ0v) is 48.2. The number of nitrogens with one attached hydrogen (secondary N) is 1. The molecule has 1 amide bonds. The van der Waals surface area contributed by atoms with E-state index in [0.717, 1.165) is 44.9 Å². The molecule has 0 saturated carbocycles. The monoisotopic (exact) mass is 1150 g/mol. The number of carbonyl (C=O) groups is 1. The average Bonchev–Trinajstić information content (AvgIpc) is 3.46. The predicted molar refractivity (Wildman–Crippen MR) is 293 cm³/mol. The molecule has 8 unspecified atom stereocenters. The molecule has 4 aliphatic rings. The van der Waals surface area contributed by atoms with Crippen molar-refractivity contribution >= 4 is 5.91 Å². The Labute approximate surface area is 475 Å². The van der Waals surface area contributed by atoms with E-state index in [4.69, 9.17) is 37.9 Å². The maximum atomic E-state index is 13.3. The normalized spacial score (nSPS) is 34.9. The van der Waals surface area contributed by atoms with Gasteiger partial charge in [-0.2, -0.15) is 0 Å². The second-order valence-corrected chi connectivity index (χ2v) is 22.8. The number of hydrogen-bond donors (Lipinski definition) is 13. The molecule has 0 aromatic carbocycles. The molecule has 470 valence electrons. The number of hydrogen-bond acceptors (Lipinski definition) is 21. The van der Waals surface area contributed by atoms with E-state index in [-0.39, 0.29) is 25.4 Å². The minimum absolute atomic E-state index is 0.0497. The first-order chi connectivity index (χ1) is 38.6. The standard InChI is InChI=1S/C58H107NO21/c1-4-6-8-10-12-14-16-18-20-22-24-26-28-30-39(63)38(59-44(65)31-29-27-25-23-21-19-17-15-13-11-9-7-5-2)36-73-55-50(71)49(70)52(43(35-62)77-55)78-57-51(72)53(47(68)42(34-61)75-57)79-58-54(48(69)46(67)41(33-60)76-58)80-56-45(66)40(64)32-37(3)74-56/h28,30,37-43,45-58,60-64,66-72H,4-27,29,31-36H2,1-3H3,(H,59,65)/b30-28+/t37?,38-,39+,40?,41?,42?,43?,45-,46-,47-,48-,49+,50?,51?,52+,53-,54?,55+,56-,57-,58+/m0/s1. The minimum atomic E-state index is -2.04. The smallest absolute Gasteiger partial charge is 0.220 e. The van der Waals surface area contributed by atoms with Crippen LogP contribution < -0.4 is 5.32 Å². The first kappa shape index (κ1) is 70.9. The van der Waals surface area contributed by atoms with Gasteiger partial charge in [0.15, 0.2) is 25.2 Å². The summed E-state index contributed by atoms with van der Waals surface area (Å²) in [5, 5.41) is 134. The molecule has 0 radical (unpaired) electrons. The van der Waals surface area contributed by atoms with Gasteiger partial charge in [-0.25, -0.2) is 0 Å². The van der Waals surface area contributed by atoms with Gasteiger partial charge in [0, 0.05) is 12.8 Å². The number of carbonyl (C=O) groups excluding carboxylic acids is 1. The quantitative estimate of drug-likeness (QED) is 0.0309. The van der Waals surface area contributed by atoms with E-state index in [9.17, 15) is 66.1 Å². The molecule has 4 fully saturated rings. The Morgan fingerprint density at radius 1 is 0.500 bits per heavy atom. The summed E-state index contributed by atoms with van der Waals surface area (Å²) in [5.74, 6) is -0.294. The molecule has 22 heteroatoms. The van der Waals surface area contributed by atoms with Crippen molar-refractivity contribution in [3.8, 4) is 0 Å². The molecule has 0 aromatic heterocycles. The summed E-state index contributed by atoms with van der Waals surface area (Å²) in [6.45, 7) is 3.10. The van der Waals surface area contributed by atoms with Crippen molar-refractivity contribution in [2.75, 3.05) is 26.4 Å². The molecular weight excluding hydrogens is 1050 g/mol. The van der Waals surface area contributed by atoms with Crippen LogP contribution in [0, 0.1) is 0 Å². The second kappa shape index (κ2) is 39.9. The zero-order chi connectivity index (χ0) is 58.4. The largest absolute Gasteiger partial charge is 0.394 e. The lowest BCUT2D eigenvalue weighted by molar-refractivity contribution is -0.393. The number of aliphatic hydroxyl groups excluding tert-OH is 12. The van der Waals surface area contributed by atoms with Gasteiger partial charge in [0.25, 0.3) is 0 Å². The van der Waals surface area contributed by atoms with Crippen molar-refractivity contribution in [2.24, 2.45) is 0 Å². The molecule has 4 aliphatic heterocycles. The van der Waals surface area contributed by atoms with E-state index in [0.29, 0.717) is 6.42 Å². The Kier molecular flexibility index (Phi) is 35.4. The van der Waals surface area contributed by atoms with Gasteiger partial charge in [-0.05, 0) is 26.2 Å². The number of aliphatic hydroxyl groups is 12. The fourth-order valence-corrected chi connectivity index (χ4v) is 10.9. The van der Waals surface area contributed by atoms with Crippen molar-refractivity contribution in [1.82, 2.24) is 5.32 Å². The van der Waals surface area contributed by atoms with Gasteiger partial charge in [0.1, 0.15) is 79.4 Å². The van der Waals surface area contributed by atoms with E-state index in [1.54, 1.807) is 13.0 Å². The van der Waals surface area contributed by atoms with Crippen LogP contribution in [-0.2, 0) is 42.7 Å². The Morgan fingerprint density at radius 3 is 1.50 bits per heavy atom. The summed E-state index contributed by atoms with van der Waals surface area (Å²) in [7, 11) is 0. The van der Waals surface area contributed by atoms with Crippen molar-refractivity contribution in [3.63, 3.8) is 0 Å². The van der Waals surface area contributed by atoms with Crippen LogP contribution >= 0.6 is 0 Å². The van der Waals surface area contributed by atoms with Gasteiger partial charge < -0.3 is 104 Å². The summed E-state index contributed by atoms with van der Waals surface area (Å²) in [5.41, 5.74) is 0. The first-order valence-corrected chi connectivity index (χ1v) is 30.7. The number of unbranched alkanes of at least 4 members (excludes halogenated alkanes) is 23. The number of amides is 1. The maximum Gasteiger partial charge on any atom is 0.220 e. The highest BCUT2D eigenvalue weighted by atomic mass is 16.8. The average molecular weight is 1150 g/mol. The highest BCUT2D eigenvalue weighted by Crippen LogP contribution is 2.35. The Morgan fingerprint density at radius 2 is 0.950 bits per heavy atom. The molecule has 4 heterocycles. The first-order valence-electron chi connectivity index (χ1n) is 30.7. The predicted octanol–water partition coefficient (Wildman–Crippen LogP) is 2.92. The molecule has 0 spiro atoms. The molecule has 21 atom stereocenters. The van der Waals surface area contributed by atoms with Crippen LogP contribution in [0.25, 0.3) is 0 Å². The van der Waals surface area contributed by atoms with Crippen LogP contribution in [0.4, 0.5) is 0 Å². The van der Waals surface area contributed by atoms with Crippen LogP contribution in [-0.4, -0.2) is 222 Å². The Balaban J connectivity index is 1.37. The van der Waals surface area contributed by atoms with E-state index >= 15 is 0 Å². The van der Waals surface area contributed by atoms with Crippen molar-refractivity contribution < 1.29 is 104 Å². The lowest BCUT2D eigenvalue weighted by Gasteiger charge is -2.49. The van der Waals surface area contributed by atoms with Gasteiger partial charge >= 0.3 is 0 Å². The van der Waals surface area contributed by atoms with Crippen LogP contribution in [0.1, 0.15) is 194 Å². The third-order valence-corrected chi connectivity index (χ3v) is 16.0. The molecule has 0 bridgehead atoms. The fourth-order valence-electron chi connectivity index (χ4n) is 10.9. The van der Waals surface area contributed by atoms with Crippen LogP contribution in [0.15, 0.2) is 12.2 Å². The Bertz CT molecular complexity index is 1620. The lowest BCUT2D eigenvalue weighted by Crippen LogP contribution is -2.67. The zero-order valence-electron chi connectivity index (χ0n) is 48.2. The maximum absolute atomic E-state index is 13.3. The highest BCUT2D eigenvalue weighted by molar-refractivity contribution is 5.76. The third kappa shape index (κ3) is 23.7. The molecule has 13 N–H and O–H groups in total. The van der Waals surface area contributed by atoms with Gasteiger partial charge in [0.05, 0.1) is 50.8 Å². The summed E-state index contributed by atoms with van der Waals surface area (Å²) in [4.78, 5) is 13.3. The van der Waals surface area contributed by atoms with Crippen LogP contribution in [0.2, 0.25) is 0 Å². The second-order valence-electron chi connectivity index (χ2n) is 22.8. The van der Waals surface area contributed by atoms with Gasteiger partial charge in [-0.3, -0.25) is 4.79 Å². The van der Waals surface area contributed by atoms with E-state index in [2.05, 4.69) is 19.2 Å². The van der Waals surface area contributed by atoms with E-state index in [1.807, 2.05) is 6.08 Å².